The Morgan fingerprint density at radius 1 is 0.938 bits per heavy atom. The lowest BCUT2D eigenvalue weighted by atomic mass is 10.1. The molecule has 0 saturated carbocycles. The van der Waals surface area contributed by atoms with Crippen molar-refractivity contribution in [2.45, 2.75) is 6.54 Å². The number of amides is 1. The van der Waals surface area contributed by atoms with Gasteiger partial charge in [0.2, 0.25) is 0 Å². The molecule has 5 nitrogen and oxygen atoms in total. The van der Waals surface area contributed by atoms with Crippen LogP contribution in [0.15, 0.2) is 72.9 Å². The number of aromatic nitrogens is 2. The molecule has 0 atom stereocenters. The minimum atomic E-state index is -0.337. The van der Waals surface area contributed by atoms with E-state index in [1.165, 1.54) is 12.1 Å². The van der Waals surface area contributed by atoms with E-state index in [4.69, 9.17) is 16.6 Å². The van der Waals surface area contributed by atoms with Crippen molar-refractivity contribution in [3.05, 3.63) is 95.0 Å². The van der Waals surface area contributed by atoms with Gasteiger partial charge in [0.05, 0.1) is 11.4 Å². The molecular weight excluding hydrogens is 427 g/mol. The van der Waals surface area contributed by atoms with Gasteiger partial charge in [-0.1, -0.05) is 29.8 Å². The molecule has 1 aliphatic rings. The molecule has 1 fully saturated rings. The second-order valence-electron chi connectivity index (χ2n) is 7.92. The minimum absolute atomic E-state index is 0.0543. The predicted octanol–water partition coefficient (Wildman–Crippen LogP) is 4.75. The van der Waals surface area contributed by atoms with Crippen molar-refractivity contribution in [1.29, 1.82) is 0 Å². The molecule has 2 aromatic heterocycles. The van der Waals surface area contributed by atoms with E-state index in [0.29, 0.717) is 23.7 Å². The quantitative estimate of drug-likeness (QED) is 0.452. The monoisotopic (exact) mass is 448 g/mol. The molecule has 4 aromatic rings. The lowest BCUT2D eigenvalue weighted by Gasteiger charge is -2.34. The van der Waals surface area contributed by atoms with Gasteiger partial charge < -0.3 is 9.30 Å². The summed E-state index contributed by atoms with van der Waals surface area (Å²) in [5, 5.41) is 0.695. The van der Waals surface area contributed by atoms with Crippen LogP contribution in [-0.2, 0) is 6.54 Å². The van der Waals surface area contributed by atoms with Crippen LogP contribution < -0.4 is 0 Å². The highest BCUT2D eigenvalue weighted by molar-refractivity contribution is 6.30. The van der Waals surface area contributed by atoms with Crippen LogP contribution in [0.4, 0.5) is 4.39 Å². The Hall–Kier alpha value is -3.22. The maximum atomic E-state index is 13.2. The van der Waals surface area contributed by atoms with Crippen LogP contribution in [-0.4, -0.2) is 51.3 Å². The number of nitrogens with zero attached hydrogens (tertiary/aromatic N) is 4. The predicted molar refractivity (Wildman–Crippen MR) is 123 cm³/mol. The molecular formula is C25H22ClFN4O. The van der Waals surface area contributed by atoms with Crippen molar-refractivity contribution in [1.82, 2.24) is 19.2 Å². The van der Waals surface area contributed by atoms with Crippen LogP contribution >= 0.6 is 11.6 Å². The molecule has 3 heterocycles. The van der Waals surface area contributed by atoms with E-state index in [-0.39, 0.29) is 11.7 Å². The van der Waals surface area contributed by atoms with Crippen molar-refractivity contribution < 1.29 is 9.18 Å². The number of imidazole rings is 1. The van der Waals surface area contributed by atoms with Gasteiger partial charge in [0.25, 0.3) is 5.91 Å². The van der Waals surface area contributed by atoms with Gasteiger partial charge in [-0.05, 0) is 48.5 Å². The summed E-state index contributed by atoms with van der Waals surface area (Å²) in [6.45, 7) is 3.49. The lowest BCUT2D eigenvalue weighted by molar-refractivity contribution is 0.0627. The summed E-state index contributed by atoms with van der Waals surface area (Å²) >= 11 is 6.08. The molecule has 1 amide bonds. The Bertz CT molecular complexity index is 1250. The largest absolute Gasteiger partial charge is 0.336 e. The number of fused-ring (bicyclic) bond motifs is 1. The summed E-state index contributed by atoms with van der Waals surface area (Å²) in [4.78, 5) is 21.8. The fourth-order valence-electron chi connectivity index (χ4n) is 4.13. The van der Waals surface area contributed by atoms with E-state index in [2.05, 4.69) is 9.30 Å². The van der Waals surface area contributed by atoms with E-state index >= 15 is 0 Å². The molecule has 0 aliphatic carbocycles. The first-order valence-corrected chi connectivity index (χ1v) is 11.0. The minimum Gasteiger partial charge on any atom is -0.336 e. The Kier molecular flexibility index (Phi) is 5.64. The van der Waals surface area contributed by atoms with Crippen LogP contribution in [0.3, 0.4) is 0 Å². The number of rotatable bonds is 4. The van der Waals surface area contributed by atoms with Crippen molar-refractivity contribution in [3.8, 4) is 11.3 Å². The van der Waals surface area contributed by atoms with Crippen LogP contribution in [0.1, 0.15) is 16.1 Å². The SMILES string of the molecule is O=C(c1ccc(F)cc1)N1CCN(Cc2c(-c3ccc(Cl)cc3)nc3ccccn23)CC1. The zero-order chi connectivity index (χ0) is 22.1. The molecule has 32 heavy (non-hydrogen) atoms. The molecule has 0 unspecified atom stereocenters. The van der Waals surface area contributed by atoms with Crippen molar-refractivity contribution in [2.75, 3.05) is 26.2 Å². The van der Waals surface area contributed by atoms with Crippen molar-refractivity contribution in [3.63, 3.8) is 0 Å². The van der Waals surface area contributed by atoms with Gasteiger partial charge in [0.1, 0.15) is 11.5 Å². The highest BCUT2D eigenvalue weighted by Crippen LogP contribution is 2.27. The van der Waals surface area contributed by atoms with Gasteiger partial charge in [-0.2, -0.15) is 0 Å². The number of piperazine rings is 1. The topological polar surface area (TPSA) is 40.9 Å². The van der Waals surface area contributed by atoms with Crippen LogP contribution in [0.2, 0.25) is 5.02 Å². The Balaban J connectivity index is 1.34. The number of hydrogen-bond acceptors (Lipinski definition) is 3. The van der Waals surface area contributed by atoms with Gasteiger partial charge in [-0.25, -0.2) is 9.37 Å². The molecule has 1 aliphatic heterocycles. The van der Waals surface area contributed by atoms with Crippen LogP contribution in [0, 0.1) is 5.82 Å². The van der Waals surface area contributed by atoms with Gasteiger partial charge in [0, 0.05) is 55.1 Å². The maximum Gasteiger partial charge on any atom is 0.253 e. The number of carbonyl (C=O) groups is 1. The van der Waals surface area contributed by atoms with Gasteiger partial charge >= 0.3 is 0 Å². The normalized spacial score (nSPS) is 14.8. The Morgan fingerprint density at radius 2 is 1.66 bits per heavy atom. The lowest BCUT2D eigenvalue weighted by Crippen LogP contribution is -2.48. The summed E-state index contributed by atoms with van der Waals surface area (Å²) < 4.78 is 15.3. The average molecular weight is 449 g/mol. The summed E-state index contributed by atoms with van der Waals surface area (Å²) in [6, 6.07) is 19.5. The van der Waals surface area contributed by atoms with E-state index in [1.807, 2.05) is 53.6 Å². The highest BCUT2D eigenvalue weighted by atomic mass is 35.5. The van der Waals surface area contributed by atoms with Crippen molar-refractivity contribution >= 4 is 23.2 Å². The number of halogens is 2. The number of hydrogen-bond donors (Lipinski definition) is 0. The molecule has 0 bridgehead atoms. The first-order chi connectivity index (χ1) is 15.6. The smallest absolute Gasteiger partial charge is 0.253 e. The first-order valence-electron chi connectivity index (χ1n) is 10.6. The average Bonchev–Trinajstić information content (AvgIpc) is 3.18. The molecule has 7 heteroatoms. The summed E-state index contributed by atoms with van der Waals surface area (Å²) in [5.41, 5.74) is 4.50. The number of pyridine rings is 1. The maximum absolute atomic E-state index is 13.2. The molecule has 0 spiro atoms. The summed E-state index contributed by atoms with van der Waals surface area (Å²) in [5.74, 6) is -0.391. The van der Waals surface area contributed by atoms with Gasteiger partial charge in [-0.15, -0.1) is 0 Å². The zero-order valence-corrected chi connectivity index (χ0v) is 18.2. The fourth-order valence-corrected chi connectivity index (χ4v) is 4.26. The molecule has 0 radical (unpaired) electrons. The number of carbonyl (C=O) groups excluding carboxylic acids is 1. The highest BCUT2D eigenvalue weighted by Gasteiger charge is 2.24. The van der Waals surface area contributed by atoms with E-state index in [0.717, 1.165) is 42.2 Å². The van der Waals surface area contributed by atoms with E-state index in [1.54, 1.807) is 12.1 Å². The van der Waals surface area contributed by atoms with Gasteiger partial charge in [-0.3, -0.25) is 9.69 Å². The van der Waals surface area contributed by atoms with E-state index in [9.17, 15) is 9.18 Å². The first kappa shape index (κ1) is 20.7. The number of benzene rings is 2. The van der Waals surface area contributed by atoms with Crippen LogP contribution in [0.5, 0.6) is 0 Å². The molecule has 1 saturated heterocycles. The van der Waals surface area contributed by atoms with E-state index < -0.39 is 0 Å². The molecule has 5 rings (SSSR count). The molecule has 162 valence electrons. The van der Waals surface area contributed by atoms with Crippen LogP contribution in [0.25, 0.3) is 16.9 Å². The third-order valence-corrected chi connectivity index (χ3v) is 6.12. The third-order valence-electron chi connectivity index (χ3n) is 5.87. The van der Waals surface area contributed by atoms with Gasteiger partial charge in [0.15, 0.2) is 0 Å². The Labute approximate surface area is 190 Å². The summed E-state index contributed by atoms with van der Waals surface area (Å²) in [6.07, 6.45) is 2.03. The second-order valence-corrected chi connectivity index (χ2v) is 8.35. The second kappa shape index (κ2) is 8.73. The third kappa shape index (κ3) is 4.11. The zero-order valence-electron chi connectivity index (χ0n) is 17.4. The van der Waals surface area contributed by atoms with Crippen molar-refractivity contribution in [2.24, 2.45) is 0 Å². The molecule has 0 N–H and O–H groups in total. The fraction of sp³-hybridized carbons (Fsp3) is 0.200. The standard InChI is InChI=1S/C25H22ClFN4O/c26-20-8-4-18(5-9-20)24-22(31-12-2-1-3-23(31)28-24)17-29-13-15-30(16-14-29)25(32)19-6-10-21(27)11-7-19/h1-12H,13-17H2. The molecule has 2 aromatic carbocycles. The Morgan fingerprint density at radius 3 is 2.38 bits per heavy atom. The summed E-state index contributed by atoms with van der Waals surface area (Å²) in [7, 11) is 0.